The van der Waals surface area contributed by atoms with Crippen molar-refractivity contribution >= 4 is 55.5 Å². The number of ether oxygens (including phenoxy) is 1. The summed E-state index contributed by atoms with van der Waals surface area (Å²) in [6, 6.07) is 18.2. The van der Waals surface area contributed by atoms with Gasteiger partial charge < -0.3 is 15.2 Å². The summed E-state index contributed by atoms with van der Waals surface area (Å²) in [7, 11) is -4.61. The van der Waals surface area contributed by atoms with Gasteiger partial charge in [-0.15, -0.1) is 10.2 Å². The molecule has 4 aromatic rings. The van der Waals surface area contributed by atoms with Gasteiger partial charge in [-0.25, -0.2) is 0 Å². The standard InChI is InChI=1S/C26H22ClN3O6S/c1-3-36-21-11-7-6-10-19(21)28-26(32)18-14-16-8-4-5-9-17(16)23(24(18)31)30-29-20-13-12-15(2)25(22(20)27)37(33,34)35/h4-14,31H,3H2,1-2H3,(H,28,32)(H,33,34,35). The highest BCUT2D eigenvalue weighted by Gasteiger charge is 2.22. The molecular weight excluding hydrogens is 518 g/mol. The average Bonchev–Trinajstić information content (AvgIpc) is 2.84. The molecular formula is C26H22ClN3O6S. The van der Waals surface area contributed by atoms with E-state index in [1.165, 1.54) is 25.1 Å². The molecule has 0 bridgehead atoms. The molecule has 0 saturated carbocycles. The van der Waals surface area contributed by atoms with E-state index in [9.17, 15) is 22.9 Å². The molecule has 0 atom stereocenters. The molecule has 0 radical (unpaired) electrons. The van der Waals surface area contributed by atoms with E-state index in [1.807, 2.05) is 6.92 Å². The third kappa shape index (κ3) is 5.41. The maximum absolute atomic E-state index is 13.2. The Labute approximate surface area is 218 Å². The zero-order valence-corrected chi connectivity index (χ0v) is 21.3. The van der Waals surface area contributed by atoms with Crippen molar-refractivity contribution in [2.24, 2.45) is 10.2 Å². The molecule has 0 heterocycles. The number of carbonyl (C=O) groups excluding carboxylic acids is 1. The summed E-state index contributed by atoms with van der Waals surface area (Å²) < 4.78 is 38.6. The van der Waals surface area contributed by atoms with Crippen LogP contribution < -0.4 is 10.1 Å². The van der Waals surface area contributed by atoms with E-state index in [0.717, 1.165) is 0 Å². The predicted molar refractivity (Wildman–Crippen MR) is 141 cm³/mol. The molecule has 4 aromatic carbocycles. The number of nitrogens with zero attached hydrogens (tertiary/aromatic N) is 2. The Kier molecular flexibility index (Phi) is 7.44. The molecule has 0 aliphatic carbocycles. The minimum atomic E-state index is -4.61. The molecule has 3 N–H and O–H groups in total. The van der Waals surface area contributed by atoms with Gasteiger partial charge in [-0.1, -0.05) is 54.1 Å². The SMILES string of the molecule is CCOc1ccccc1NC(=O)c1cc2ccccc2c(N=Nc2ccc(C)c(S(=O)(=O)O)c2Cl)c1O. The van der Waals surface area contributed by atoms with E-state index in [1.54, 1.807) is 48.5 Å². The van der Waals surface area contributed by atoms with Gasteiger partial charge in [0.15, 0.2) is 5.75 Å². The number of anilines is 1. The number of para-hydroxylation sites is 2. The van der Waals surface area contributed by atoms with Crippen LogP contribution in [0.25, 0.3) is 10.8 Å². The van der Waals surface area contributed by atoms with Crippen molar-refractivity contribution in [3.05, 3.63) is 82.9 Å². The summed E-state index contributed by atoms with van der Waals surface area (Å²) in [5.41, 5.74) is 0.517. The molecule has 4 rings (SSSR count). The third-order valence-electron chi connectivity index (χ3n) is 5.46. The first-order valence-electron chi connectivity index (χ1n) is 11.1. The molecule has 0 fully saturated rings. The lowest BCUT2D eigenvalue weighted by Crippen LogP contribution is -2.13. The van der Waals surface area contributed by atoms with Gasteiger partial charge in [0.25, 0.3) is 16.0 Å². The van der Waals surface area contributed by atoms with Crippen LogP contribution >= 0.6 is 11.6 Å². The number of hydrogen-bond acceptors (Lipinski definition) is 7. The first kappa shape index (κ1) is 26.1. The molecule has 0 aliphatic heterocycles. The van der Waals surface area contributed by atoms with Gasteiger partial charge in [-0.05, 0) is 49.1 Å². The molecule has 190 valence electrons. The Morgan fingerprint density at radius 2 is 1.76 bits per heavy atom. The highest BCUT2D eigenvalue weighted by Crippen LogP contribution is 2.41. The maximum atomic E-state index is 13.2. The largest absolute Gasteiger partial charge is 0.505 e. The van der Waals surface area contributed by atoms with Crippen LogP contribution in [0.4, 0.5) is 17.1 Å². The van der Waals surface area contributed by atoms with Crippen molar-refractivity contribution in [1.29, 1.82) is 0 Å². The van der Waals surface area contributed by atoms with Crippen LogP contribution in [0.1, 0.15) is 22.8 Å². The molecule has 11 heteroatoms. The van der Waals surface area contributed by atoms with Crippen molar-refractivity contribution in [3.63, 3.8) is 0 Å². The number of benzene rings is 4. The Hall–Kier alpha value is -3.99. The van der Waals surface area contributed by atoms with E-state index in [-0.39, 0.29) is 27.5 Å². The van der Waals surface area contributed by atoms with Crippen molar-refractivity contribution in [3.8, 4) is 11.5 Å². The van der Waals surface area contributed by atoms with Crippen LogP contribution in [0.3, 0.4) is 0 Å². The van der Waals surface area contributed by atoms with E-state index in [2.05, 4.69) is 15.5 Å². The minimum Gasteiger partial charge on any atom is -0.505 e. The number of nitrogens with one attached hydrogen (secondary N) is 1. The number of azo groups is 1. The van der Waals surface area contributed by atoms with Gasteiger partial charge in [0.05, 0.1) is 22.9 Å². The number of aryl methyl sites for hydroxylation is 1. The molecule has 0 spiro atoms. The van der Waals surface area contributed by atoms with Crippen LogP contribution in [0.15, 0.2) is 81.9 Å². The van der Waals surface area contributed by atoms with E-state index < -0.39 is 26.7 Å². The van der Waals surface area contributed by atoms with Crippen LogP contribution in [0, 0.1) is 6.92 Å². The summed E-state index contributed by atoms with van der Waals surface area (Å²) in [4.78, 5) is 12.7. The Bertz CT molecular complexity index is 1650. The molecule has 9 nitrogen and oxygen atoms in total. The van der Waals surface area contributed by atoms with E-state index >= 15 is 0 Å². The molecule has 0 aromatic heterocycles. The molecule has 0 aliphatic rings. The lowest BCUT2D eigenvalue weighted by Gasteiger charge is -2.13. The summed E-state index contributed by atoms with van der Waals surface area (Å²) in [5.74, 6) is -0.567. The first-order chi connectivity index (χ1) is 17.6. The zero-order valence-electron chi connectivity index (χ0n) is 19.8. The number of carbonyl (C=O) groups is 1. The minimum absolute atomic E-state index is 0.0219. The summed E-state index contributed by atoms with van der Waals surface area (Å²) in [6.07, 6.45) is 0. The summed E-state index contributed by atoms with van der Waals surface area (Å²) in [6.45, 7) is 3.70. The topological polar surface area (TPSA) is 138 Å². The second kappa shape index (κ2) is 10.6. The van der Waals surface area contributed by atoms with Gasteiger partial charge in [0.2, 0.25) is 0 Å². The van der Waals surface area contributed by atoms with Crippen molar-refractivity contribution in [2.75, 3.05) is 11.9 Å². The number of rotatable bonds is 7. The van der Waals surface area contributed by atoms with E-state index in [4.69, 9.17) is 16.3 Å². The average molecular weight is 540 g/mol. The van der Waals surface area contributed by atoms with Crippen molar-refractivity contribution in [1.82, 2.24) is 0 Å². The highest BCUT2D eigenvalue weighted by molar-refractivity contribution is 7.86. The number of hydrogen-bond donors (Lipinski definition) is 3. The van der Waals surface area contributed by atoms with Gasteiger partial charge in [0, 0.05) is 5.39 Å². The normalized spacial score (nSPS) is 11.7. The lowest BCUT2D eigenvalue weighted by molar-refractivity contribution is 0.102. The zero-order chi connectivity index (χ0) is 26.7. The summed E-state index contributed by atoms with van der Waals surface area (Å²) >= 11 is 6.20. The van der Waals surface area contributed by atoms with Crippen LogP contribution in [-0.4, -0.2) is 30.6 Å². The van der Waals surface area contributed by atoms with Crippen LogP contribution in [0.5, 0.6) is 11.5 Å². The Morgan fingerprint density at radius 1 is 1.05 bits per heavy atom. The second-order valence-electron chi connectivity index (χ2n) is 7.95. The molecule has 0 unspecified atom stereocenters. The molecule has 0 saturated heterocycles. The second-order valence-corrected chi connectivity index (χ2v) is 9.68. The number of fused-ring (bicyclic) bond motifs is 1. The number of phenols is 1. The number of amides is 1. The van der Waals surface area contributed by atoms with Gasteiger partial charge in [0.1, 0.15) is 22.0 Å². The fourth-order valence-corrected chi connectivity index (χ4v) is 5.12. The first-order valence-corrected chi connectivity index (χ1v) is 12.9. The van der Waals surface area contributed by atoms with Crippen LogP contribution in [0.2, 0.25) is 5.02 Å². The van der Waals surface area contributed by atoms with E-state index in [0.29, 0.717) is 28.8 Å². The highest BCUT2D eigenvalue weighted by atomic mass is 35.5. The summed E-state index contributed by atoms with van der Waals surface area (Å²) in [5, 5.41) is 22.7. The van der Waals surface area contributed by atoms with Crippen molar-refractivity contribution in [2.45, 2.75) is 18.7 Å². The monoisotopic (exact) mass is 539 g/mol. The van der Waals surface area contributed by atoms with Gasteiger partial charge in [-0.3, -0.25) is 9.35 Å². The number of aromatic hydroxyl groups is 1. The predicted octanol–water partition coefficient (Wildman–Crippen LogP) is 6.82. The smallest absolute Gasteiger partial charge is 0.296 e. The third-order valence-corrected chi connectivity index (χ3v) is 7.00. The quantitative estimate of drug-likeness (QED) is 0.174. The lowest BCUT2D eigenvalue weighted by atomic mass is 10.0. The maximum Gasteiger partial charge on any atom is 0.296 e. The van der Waals surface area contributed by atoms with Crippen molar-refractivity contribution < 1.29 is 27.6 Å². The Morgan fingerprint density at radius 3 is 2.49 bits per heavy atom. The van der Waals surface area contributed by atoms with Gasteiger partial charge in [-0.2, -0.15) is 8.42 Å². The molecule has 1 amide bonds. The fraction of sp³-hybridized carbons (Fsp3) is 0.115. The van der Waals surface area contributed by atoms with Crippen LogP contribution in [-0.2, 0) is 10.1 Å². The Balaban J connectivity index is 1.81. The van der Waals surface area contributed by atoms with Gasteiger partial charge >= 0.3 is 0 Å². The fourth-order valence-electron chi connectivity index (χ4n) is 3.77. The number of phenolic OH excluding ortho intramolecular Hbond substituents is 1. The number of halogens is 1. The molecule has 37 heavy (non-hydrogen) atoms.